The Labute approximate surface area is 173 Å². The number of likely N-dealkylation sites (N-methyl/N-ethyl adjacent to an activating group) is 1. The number of aryl methyl sites for hydroxylation is 1. The molecule has 5 heterocycles. The summed E-state index contributed by atoms with van der Waals surface area (Å²) < 4.78 is 7.46. The van der Waals surface area contributed by atoms with Crippen molar-refractivity contribution in [1.29, 1.82) is 0 Å². The summed E-state index contributed by atoms with van der Waals surface area (Å²) in [4.78, 5) is 30.8. The molecule has 0 radical (unpaired) electrons. The molecule has 0 aliphatic carbocycles. The Morgan fingerprint density at radius 2 is 2.07 bits per heavy atom. The second-order valence-electron chi connectivity index (χ2n) is 7.86. The number of nitrogens with zero attached hydrogens (tertiary/aromatic N) is 6. The van der Waals surface area contributed by atoms with Gasteiger partial charge in [-0.05, 0) is 38.6 Å². The highest BCUT2D eigenvalue weighted by Crippen LogP contribution is 2.24. The molecule has 8 nitrogen and oxygen atoms in total. The van der Waals surface area contributed by atoms with Gasteiger partial charge in [0.05, 0.1) is 23.1 Å². The fourth-order valence-electron chi connectivity index (χ4n) is 4.15. The van der Waals surface area contributed by atoms with E-state index in [2.05, 4.69) is 38.6 Å². The predicted molar refractivity (Wildman–Crippen MR) is 116 cm³/mol. The van der Waals surface area contributed by atoms with E-state index in [4.69, 9.17) is 4.42 Å². The van der Waals surface area contributed by atoms with E-state index in [0.29, 0.717) is 28.7 Å². The minimum absolute atomic E-state index is 0.355. The van der Waals surface area contributed by atoms with Crippen LogP contribution in [-0.2, 0) is 0 Å². The Morgan fingerprint density at radius 3 is 2.87 bits per heavy atom. The standard InChI is InChI=1S/C22H24N6O2/c1-4-26-7-8-27(12-15(26)3)19-6-5-16-9-17(22(29)30-21(16)25-19)18-13-28-11-14(2)23-10-20(28)24-18/h5-6,9-11,13,15H,4,7-8,12H2,1-3H3/t15-/m0/s1. The van der Waals surface area contributed by atoms with Crippen LogP contribution in [0, 0.1) is 6.92 Å². The average Bonchev–Trinajstić information content (AvgIpc) is 3.15. The van der Waals surface area contributed by atoms with Crippen LogP contribution in [0.3, 0.4) is 0 Å². The van der Waals surface area contributed by atoms with Gasteiger partial charge in [-0.1, -0.05) is 6.92 Å². The molecule has 0 spiro atoms. The van der Waals surface area contributed by atoms with Gasteiger partial charge in [0.15, 0.2) is 5.65 Å². The summed E-state index contributed by atoms with van der Waals surface area (Å²) in [6.07, 6.45) is 5.38. The van der Waals surface area contributed by atoms with Crippen LogP contribution < -0.4 is 10.5 Å². The molecule has 30 heavy (non-hydrogen) atoms. The Balaban J connectivity index is 1.50. The van der Waals surface area contributed by atoms with Crippen molar-refractivity contribution in [1.82, 2.24) is 24.3 Å². The van der Waals surface area contributed by atoms with Crippen molar-refractivity contribution in [2.75, 3.05) is 31.1 Å². The predicted octanol–water partition coefficient (Wildman–Crippen LogP) is 2.74. The van der Waals surface area contributed by atoms with E-state index in [1.54, 1.807) is 12.3 Å². The third-order valence-corrected chi connectivity index (χ3v) is 5.83. The molecule has 4 aromatic rings. The molecule has 1 aliphatic heterocycles. The van der Waals surface area contributed by atoms with Crippen LogP contribution in [0.15, 0.2) is 46.0 Å². The second-order valence-corrected chi connectivity index (χ2v) is 7.86. The van der Waals surface area contributed by atoms with Crippen molar-refractivity contribution < 1.29 is 4.42 Å². The zero-order valence-corrected chi connectivity index (χ0v) is 17.4. The van der Waals surface area contributed by atoms with Crippen LogP contribution in [0.5, 0.6) is 0 Å². The van der Waals surface area contributed by atoms with Crippen LogP contribution in [0.2, 0.25) is 0 Å². The van der Waals surface area contributed by atoms with Gasteiger partial charge in [0.1, 0.15) is 5.82 Å². The number of imidazole rings is 1. The first-order valence-electron chi connectivity index (χ1n) is 10.3. The van der Waals surface area contributed by atoms with Crippen LogP contribution in [-0.4, -0.2) is 56.5 Å². The first kappa shape index (κ1) is 18.7. The van der Waals surface area contributed by atoms with Gasteiger partial charge >= 0.3 is 5.63 Å². The number of anilines is 1. The summed E-state index contributed by atoms with van der Waals surface area (Å²) in [5, 5.41) is 0.778. The molecule has 0 unspecified atom stereocenters. The normalized spacial score (nSPS) is 17.8. The van der Waals surface area contributed by atoms with Gasteiger partial charge < -0.3 is 13.7 Å². The zero-order chi connectivity index (χ0) is 20.8. The summed E-state index contributed by atoms with van der Waals surface area (Å²) in [6, 6.07) is 6.22. The first-order chi connectivity index (χ1) is 14.5. The summed E-state index contributed by atoms with van der Waals surface area (Å²) >= 11 is 0. The largest absolute Gasteiger partial charge is 0.403 e. The van der Waals surface area contributed by atoms with Crippen molar-refractivity contribution >= 4 is 22.6 Å². The number of fused-ring (bicyclic) bond motifs is 2. The van der Waals surface area contributed by atoms with Gasteiger partial charge in [-0.3, -0.25) is 9.88 Å². The van der Waals surface area contributed by atoms with Gasteiger partial charge in [-0.2, -0.15) is 4.98 Å². The molecule has 0 saturated carbocycles. The number of rotatable bonds is 3. The lowest BCUT2D eigenvalue weighted by Crippen LogP contribution is -2.51. The molecule has 8 heteroatoms. The monoisotopic (exact) mass is 404 g/mol. The minimum atomic E-state index is -0.440. The minimum Gasteiger partial charge on any atom is -0.403 e. The van der Waals surface area contributed by atoms with Crippen molar-refractivity contribution in [3.05, 3.63) is 52.9 Å². The number of pyridine rings is 1. The molecule has 0 aromatic carbocycles. The topological polar surface area (TPSA) is 79.8 Å². The van der Waals surface area contributed by atoms with E-state index in [0.717, 1.165) is 43.1 Å². The lowest BCUT2D eigenvalue weighted by atomic mass is 10.1. The Kier molecular flexibility index (Phi) is 4.51. The molecule has 5 rings (SSSR count). The average molecular weight is 404 g/mol. The summed E-state index contributed by atoms with van der Waals surface area (Å²) in [6.45, 7) is 10.2. The summed E-state index contributed by atoms with van der Waals surface area (Å²) in [7, 11) is 0. The molecular weight excluding hydrogens is 380 g/mol. The van der Waals surface area contributed by atoms with Crippen LogP contribution in [0.25, 0.3) is 28.0 Å². The van der Waals surface area contributed by atoms with Gasteiger partial charge in [0.25, 0.3) is 0 Å². The summed E-state index contributed by atoms with van der Waals surface area (Å²) in [5.41, 5.74) is 2.46. The quantitative estimate of drug-likeness (QED) is 0.519. The molecule has 0 N–H and O–H groups in total. The van der Waals surface area contributed by atoms with Gasteiger partial charge in [-0.25, -0.2) is 9.78 Å². The Hall–Kier alpha value is -3.26. The molecule has 1 saturated heterocycles. The van der Waals surface area contributed by atoms with E-state index >= 15 is 0 Å². The highest BCUT2D eigenvalue weighted by molar-refractivity contribution is 5.80. The summed E-state index contributed by atoms with van der Waals surface area (Å²) in [5.74, 6) is 0.843. The third-order valence-electron chi connectivity index (χ3n) is 5.83. The fourth-order valence-corrected chi connectivity index (χ4v) is 4.15. The molecule has 4 aromatic heterocycles. The van der Waals surface area contributed by atoms with E-state index in [-0.39, 0.29) is 0 Å². The maximum absolute atomic E-state index is 12.7. The van der Waals surface area contributed by atoms with Gasteiger partial charge in [0, 0.05) is 43.5 Å². The number of aromatic nitrogens is 4. The first-order valence-corrected chi connectivity index (χ1v) is 10.3. The fraction of sp³-hybridized carbons (Fsp3) is 0.364. The molecular formula is C22H24N6O2. The van der Waals surface area contributed by atoms with Crippen LogP contribution in [0.4, 0.5) is 5.82 Å². The van der Waals surface area contributed by atoms with Crippen molar-refractivity contribution in [3.8, 4) is 11.3 Å². The van der Waals surface area contributed by atoms with E-state index < -0.39 is 5.63 Å². The van der Waals surface area contributed by atoms with Gasteiger partial charge in [-0.15, -0.1) is 0 Å². The van der Waals surface area contributed by atoms with Crippen LogP contribution >= 0.6 is 0 Å². The molecule has 0 bridgehead atoms. The molecule has 1 aliphatic rings. The Morgan fingerprint density at radius 1 is 1.20 bits per heavy atom. The molecule has 1 fully saturated rings. The van der Waals surface area contributed by atoms with E-state index in [9.17, 15) is 4.79 Å². The number of hydrogen-bond donors (Lipinski definition) is 0. The smallest absolute Gasteiger partial charge is 0.347 e. The van der Waals surface area contributed by atoms with E-state index in [1.165, 1.54) is 0 Å². The highest BCUT2D eigenvalue weighted by Gasteiger charge is 2.23. The number of piperazine rings is 1. The lowest BCUT2D eigenvalue weighted by molar-refractivity contribution is 0.199. The molecule has 1 atom stereocenters. The maximum Gasteiger partial charge on any atom is 0.347 e. The second kappa shape index (κ2) is 7.21. The van der Waals surface area contributed by atoms with E-state index in [1.807, 2.05) is 35.9 Å². The molecule has 0 amide bonds. The third kappa shape index (κ3) is 3.23. The SMILES string of the molecule is CCN1CCN(c2ccc3cc(-c4cn5cc(C)ncc5n4)c(=O)oc3n2)C[C@@H]1C. The van der Waals surface area contributed by atoms with Gasteiger partial charge in [0.2, 0.25) is 5.71 Å². The zero-order valence-electron chi connectivity index (χ0n) is 17.4. The van der Waals surface area contributed by atoms with Crippen molar-refractivity contribution in [2.24, 2.45) is 0 Å². The van der Waals surface area contributed by atoms with Crippen LogP contribution in [0.1, 0.15) is 19.5 Å². The van der Waals surface area contributed by atoms with Crippen molar-refractivity contribution in [2.45, 2.75) is 26.8 Å². The number of hydrogen-bond acceptors (Lipinski definition) is 7. The van der Waals surface area contributed by atoms with Crippen molar-refractivity contribution in [3.63, 3.8) is 0 Å². The highest BCUT2D eigenvalue weighted by atomic mass is 16.4. The lowest BCUT2D eigenvalue weighted by Gasteiger charge is -2.39. The molecule has 154 valence electrons. The maximum atomic E-state index is 12.7. The Bertz CT molecular complexity index is 1290.